The maximum absolute atomic E-state index is 12.1. The first-order valence-corrected chi connectivity index (χ1v) is 7.16. The highest BCUT2D eigenvalue weighted by molar-refractivity contribution is 5.94. The monoisotopic (exact) mass is 293 g/mol. The summed E-state index contributed by atoms with van der Waals surface area (Å²) in [6.07, 6.45) is -0.433. The molecule has 0 bridgehead atoms. The molecule has 2 rings (SSSR count). The van der Waals surface area contributed by atoms with Crippen LogP contribution in [-0.2, 0) is 9.53 Å². The zero-order chi connectivity index (χ0) is 15.1. The molecule has 116 valence electrons. The molecule has 21 heavy (non-hydrogen) atoms. The second-order valence-corrected chi connectivity index (χ2v) is 5.23. The average Bonchev–Trinajstić information content (AvgIpc) is 2.48. The number of rotatable bonds is 6. The van der Waals surface area contributed by atoms with Crippen molar-refractivity contribution in [1.29, 1.82) is 0 Å². The van der Waals surface area contributed by atoms with Crippen molar-refractivity contribution in [1.82, 2.24) is 10.2 Å². The molecule has 1 aromatic carbocycles. The number of morpholine rings is 1. The van der Waals surface area contributed by atoms with Gasteiger partial charge in [0.1, 0.15) is 18.5 Å². The number of nitrogens with one attached hydrogen (secondary N) is 2. The summed E-state index contributed by atoms with van der Waals surface area (Å²) in [5, 5.41) is 5.99. The van der Waals surface area contributed by atoms with Crippen LogP contribution in [0, 0.1) is 0 Å². The summed E-state index contributed by atoms with van der Waals surface area (Å²) in [4.78, 5) is 14.1. The lowest BCUT2D eigenvalue weighted by molar-refractivity contribution is -0.128. The molecule has 1 aliphatic heterocycles. The van der Waals surface area contributed by atoms with Crippen LogP contribution in [0.15, 0.2) is 24.3 Å². The lowest BCUT2D eigenvalue weighted by atomic mass is 10.2. The smallest absolute Gasteiger partial charge is 0.254 e. The van der Waals surface area contributed by atoms with E-state index in [9.17, 15) is 4.79 Å². The minimum atomic E-state index is -0.433. The summed E-state index contributed by atoms with van der Waals surface area (Å²) < 4.78 is 11.1. The van der Waals surface area contributed by atoms with Gasteiger partial charge in [-0.05, 0) is 26.2 Å². The van der Waals surface area contributed by atoms with Crippen LogP contribution < -0.4 is 15.4 Å². The van der Waals surface area contributed by atoms with Gasteiger partial charge >= 0.3 is 0 Å². The van der Waals surface area contributed by atoms with Crippen LogP contribution in [0.25, 0.3) is 0 Å². The van der Waals surface area contributed by atoms with Gasteiger partial charge in [-0.25, -0.2) is 0 Å². The first-order chi connectivity index (χ1) is 10.1. The van der Waals surface area contributed by atoms with E-state index in [0.717, 1.165) is 24.5 Å². The first-order valence-electron chi connectivity index (χ1n) is 7.16. The van der Waals surface area contributed by atoms with Crippen molar-refractivity contribution in [2.24, 2.45) is 0 Å². The standard InChI is InChI=1S/C15H23N3O3/c1-18(2)7-9-20-13-5-3-4-12(10-13)17-15(19)14-11-16-6-8-21-14/h3-5,10,14,16H,6-9,11H2,1-2H3,(H,17,19). The molecular formula is C15H23N3O3. The topological polar surface area (TPSA) is 62.8 Å². The largest absolute Gasteiger partial charge is 0.492 e. The van der Waals surface area contributed by atoms with Crippen LogP contribution >= 0.6 is 0 Å². The molecule has 0 aromatic heterocycles. The van der Waals surface area contributed by atoms with Gasteiger partial charge in [-0.1, -0.05) is 6.07 Å². The predicted molar refractivity (Wildman–Crippen MR) is 81.7 cm³/mol. The molecule has 1 aliphatic rings. The van der Waals surface area contributed by atoms with Gasteiger partial charge < -0.3 is 25.0 Å². The highest BCUT2D eigenvalue weighted by Gasteiger charge is 2.21. The third kappa shape index (κ3) is 5.34. The van der Waals surface area contributed by atoms with Crippen LogP contribution in [0.2, 0.25) is 0 Å². The third-order valence-electron chi connectivity index (χ3n) is 3.13. The van der Waals surface area contributed by atoms with Crippen molar-refractivity contribution >= 4 is 11.6 Å². The molecule has 1 aromatic rings. The molecule has 1 heterocycles. The van der Waals surface area contributed by atoms with Crippen LogP contribution in [-0.4, -0.2) is 63.9 Å². The maximum Gasteiger partial charge on any atom is 0.254 e. The van der Waals surface area contributed by atoms with E-state index in [2.05, 4.69) is 15.5 Å². The number of carbonyl (C=O) groups excluding carboxylic acids is 1. The highest BCUT2D eigenvalue weighted by atomic mass is 16.5. The van der Waals surface area contributed by atoms with E-state index < -0.39 is 6.10 Å². The summed E-state index contributed by atoms with van der Waals surface area (Å²) in [6.45, 7) is 3.35. The number of ether oxygens (including phenoxy) is 2. The molecule has 6 heteroatoms. The molecule has 0 saturated carbocycles. The van der Waals surface area contributed by atoms with Crippen LogP contribution in [0.5, 0.6) is 5.75 Å². The van der Waals surface area contributed by atoms with Crippen LogP contribution in [0.4, 0.5) is 5.69 Å². The van der Waals surface area contributed by atoms with Gasteiger partial charge in [0.05, 0.1) is 6.61 Å². The number of hydrogen-bond donors (Lipinski definition) is 2. The van der Waals surface area contributed by atoms with E-state index in [1.165, 1.54) is 0 Å². The Bertz CT molecular complexity index is 459. The Morgan fingerprint density at radius 3 is 3.10 bits per heavy atom. The average molecular weight is 293 g/mol. The number of amides is 1. The third-order valence-corrected chi connectivity index (χ3v) is 3.13. The molecule has 1 saturated heterocycles. The highest BCUT2D eigenvalue weighted by Crippen LogP contribution is 2.17. The van der Waals surface area contributed by atoms with Crippen molar-refractivity contribution in [2.75, 3.05) is 52.3 Å². The number of nitrogens with zero attached hydrogens (tertiary/aromatic N) is 1. The number of hydrogen-bond acceptors (Lipinski definition) is 5. The lowest BCUT2D eigenvalue weighted by Crippen LogP contribution is -2.45. The number of likely N-dealkylation sites (N-methyl/N-ethyl adjacent to an activating group) is 1. The maximum atomic E-state index is 12.1. The van der Waals surface area contributed by atoms with E-state index in [0.29, 0.717) is 19.8 Å². The zero-order valence-corrected chi connectivity index (χ0v) is 12.6. The first kappa shape index (κ1) is 15.8. The van der Waals surface area contributed by atoms with Crippen molar-refractivity contribution in [2.45, 2.75) is 6.10 Å². The summed E-state index contributed by atoms with van der Waals surface area (Å²) in [5.74, 6) is 0.616. The van der Waals surface area contributed by atoms with Crippen LogP contribution in [0.1, 0.15) is 0 Å². The van der Waals surface area contributed by atoms with Gasteiger partial charge in [-0.15, -0.1) is 0 Å². The van der Waals surface area contributed by atoms with Crippen molar-refractivity contribution in [3.05, 3.63) is 24.3 Å². The van der Waals surface area contributed by atoms with Crippen molar-refractivity contribution in [3.63, 3.8) is 0 Å². The summed E-state index contributed by atoms with van der Waals surface area (Å²) in [7, 11) is 4.00. The summed E-state index contributed by atoms with van der Waals surface area (Å²) >= 11 is 0. The minimum absolute atomic E-state index is 0.132. The Kier molecular flexibility index (Phi) is 5.98. The summed E-state index contributed by atoms with van der Waals surface area (Å²) in [5.41, 5.74) is 0.719. The molecule has 2 N–H and O–H groups in total. The van der Waals surface area contributed by atoms with Gasteiger partial charge in [0.15, 0.2) is 0 Å². The molecule has 1 fully saturated rings. The van der Waals surface area contributed by atoms with E-state index in [4.69, 9.17) is 9.47 Å². The van der Waals surface area contributed by atoms with Gasteiger partial charge in [0.25, 0.3) is 5.91 Å². The number of benzene rings is 1. The van der Waals surface area contributed by atoms with Gasteiger partial charge in [-0.2, -0.15) is 0 Å². The Labute approximate surface area is 125 Å². The van der Waals surface area contributed by atoms with E-state index in [1.807, 2.05) is 38.4 Å². The fourth-order valence-electron chi connectivity index (χ4n) is 1.97. The molecule has 6 nitrogen and oxygen atoms in total. The minimum Gasteiger partial charge on any atom is -0.492 e. The Morgan fingerprint density at radius 1 is 1.52 bits per heavy atom. The Morgan fingerprint density at radius 2 is 2.38 bits per heavy atom. The van der Waals surface area contributed by atoms with Gasteiger partial charge in [-0.3, -0.25) is 4.79 Å². The Balaban J connectivity index is 1.86. The SMILES string of the molecule is CN(C)CCOc1cccc(NC(=O)C2CNCCO2)c1. The second kappa shape index (κ2) is 7.97. The quantitative estimate of drug-likeness (QED) is 0.802. The molecule has 1 amide bonds. The predicted octanol–water partition coefficient (Wildman–Crippen LogP) is 0.554. The molecule has 1 atom stereocenters. The normalized spacial score (nSPS) is 18.5. The number of carbonyl (C=O) groups is 1. The van der Waals surface area contributed by atoms with Crippen molar-refractivity contribution < 1.29 is 14.3 Å². The van der Waals surface area contributed by atoms with Gasteiger partial charge in [0.2, 0.25) is 0 Å². The fourth-order valence-corrected chi connectivity index (χ4v) is 1.97. The molecule has 0 aliphatic carbocycles. The van der Waals surface area contributed by atoms with E-state index >= 15 is 0 Å². The van der Waals surface area contributed by atoms with Crippen molar-refractivity contribution in [3.8, 4) is 5.75 Å². The molecule has 1 unspecified atom stereocenters. The lowest BCUT2D eigenvalue weighted by Gasteiger charge is -2.22. The molecular weight excluding hydrogens is 270 g/mol. The van der Waals surface area contributed by atoms with E-state index in [1.54, 1.807) is 0 Å². The van der Waals surface area contributed by atoms with E-state index in [-0.39, 0.29) is 5.91 Å². The molecule has 0 radical (unpaired) electrons. The zero-order valence-electron chi connectivity index (χ0n) is 12.6. The fraction of sp³-hybridized carbons (Fsp3) is 0.533. The Hall–Kier alpha value is -1.63. The second-order valence-electron chi connectivity index (χ2n) is 5.23. The van der Waals surface area contributed by atoms with Crippen LogP contribution in [0.3, 0.4) is 0 Å². The van der Waals surface area contributed by atoms with Gasteiger partial charge in [0, 0.05) is 31.4 Å². The molecule has 0 spiro atoms. The number of anilines is 1. The summed E-state index contributed by atoms with van der Waals surface area (Å²) in [6, 6.07) is 7.40.